The van der Waals surface area contributed by atoms with Crippen molar-refractivity contribution in [3.8, 4) is 11.5 Å². The molecule has 0 aliphatic heterocycles. The molecule has 3 aromatic rings. The topological polar surface area (TPSA) is 79.0 Å². The van der Waals surface area contributed by atoms with Gasteiger partial charge >= 0.3 is 0 Å². The van der Waals surface area contributed by atoms with E-state index in [4.69, 9.17) is 27.6 Å². The van der Waals surface area contributed by atoms with Crippen LogP contribution >= 0.6 is 35.0 Å². The van der Waals surface area contributed by atoms with Crippen molar-refractivity contribution in [2.24, 2.45) is 0 Å². The Bertz CT molecular complexity index is 956. The second-order valence-corrected chi connectivity index (χ2v) is 6.64. The van der Waals surface area contributed by atoms with Crippen LogP contribution in [-0.2, 0) is 4.79 Å². The molecule has 0 amide bonds. The molecule has 25 heavy (non-hydrogen) atoms. The quantitative estimate of drug-likeness (QED) is 0.484. The summed E-state index contributed by atoms with van der Waals surface area (Å²) in [5.74, 6) is -1.16. The highest BCUT2D eigenvalue weighted by Gasteiger charge is 2.14. The van der Waals surface area contributed by atoms with Crippen LogP contribution in [0, 0.1) is 0 Å². The maximum atomic E-state index is 11.4. The van der Waals surface area contributed by atoms with E-state index in [1.165, 1.54) is 6.08 Å². The van der Waals surface area contributed by atoms with Gasteiger partial charge < -0.3 is 14.3 Å². The maximum Gasteiger partial charge on any atom is 0.281 e. The van der Waals surface area contributed by atoms with E-state index in [9.17, 15) is 9.90 Å². The summed E-state index contributed by atoms with van der Waals surface area (Å²) >= 11 is 12.8. The molecule has 0 saturated carbocycles. The van der Waals surface area contributed by atoms with Crippen LogP contribution in [-0.4, -0.2) is 16.2 Å². The van der Waals surface area contributed by atoms with Gasteiger partial charge in [0.2, 0.25) is 5.89 Å². The number of carboxylic acid groups (broad SMARTS) is 1. The first-order chi connectivity index (χ1) is 12.0. The molecular formula is C17H9Cl2N2O3S-. The Labute approximate surface area is 157 Å². The number of aromatic nitrogens is 2. The van der Waals surface area contributed by atoms with Crippen LogP contribution in [0.4, 0.5) is 0 Å². The molecule has 0 aliphatic carbocycles. The number of carbonyl (C=O) groups excluding carboxylic acids is 1. The van der Waals surface area contributed by atoms with E-state index in [2.05, 4.69) is 10.2 Å². The molecule has 0 unspecified atom stereocenters. The van der Waals surface area contributed by atoms with Crippen LogP contribution < -0.4 is 5.11 Å². The lowest BCUT2D eigenvalue weighted by atomic mass is 10.2. The highest BCUT2D eigenvalue weighted by molar-refractivity contribution is 8.03. The van der Waals surface area contributed by atoms with Crippen LogP contribution in [0.5, 0.6) is 0 Å². The molecular weight excluding hydrogens is 383 g/mol. The summed E-state index contributed by atoms with van der Waals surface area (Å²) in [6.45, 7) is 0. The molecule has 126 valence electrons. The van der Waals surface area contributed by atoms with Gasteiger partial charge in [-0.3, -0.25) is 0 Å². The second kappa shape index (κ2) is 7.74. The van der Waals surface area contributed by atoms with Crippen molar-refractivity contribution in [3.05, 3.63) is 69.0 Å². The first-order valence-corrected chi connectivity index (χ1v) is 8.55. The van der Waals surface area contributed by atoms with Gasteiger partial charge in [-0.2, -0.15) is 0 Å². The molecule has 1 heterocycles. The van der Waals surface area contributed by atoms with Gasteiger partial charge in [-0.15, -0.1) is 10.2 Å². The van der Waals surface area contributed by atoms with Crippen LogP contribution in [0.25, 0.3) is 17.5 Å². The van der Waals surface area contributed by atoms with Gasteiger partial charge in [0, 0.05) is 9.93 Å². The summed E-state index contributed by atoms with van der Waals surface area (Å²) in [7, 11) is 0. The Hall–Kier alpha value is -2.28. The van der Waals surface area contributed by atoms with Crippen LogP contribution in [0.1, 0.15) is 5.56 Å². The van der Waals surface area contributed by atoms with Crippen LogP contribution in [0.3, 0.4) is 0 Å². The summed E-state index contributed by atoms with van der Waals surface area (Å²) in [6, 6.07) is 13.7. The number of hydrogen-bond donors (Lipinski definition) is 0. The number of halogens is 2. The van der Waals surface area contributed by atoms with Crippen molar-refractivity contribution >= 4 is 47.0 Å². The number of benzene rings is 2. The number of thioether (sulfide) groups is 1. The van der Waals surface area contributed by atoms with E-state index < -0.39 is 5.97 Å². The fourth-order valence-corrected chi connectivity index (χ4v) is 3.05. The first kappa shape index (κ1) is 17.5. The molecule has 0 spiro atoms. The van der Waals surface area contributed by atoms with Gasteiger partial charge in [-0.25, -0.2) is 0 Å². The first-order valence-electron chi connectivity index (χ1n) is 6.98. The molecule has 0 N–H and O–H groups in total. The van der Waals surface area contributed by atoms with E-state index >= 15 is 0 Å². The summed E-state index contributed by atoms with van der Waals surface area (Å²) in [6.07, 6.45) is 1.42. The smallest absolute Gasteiger partial charge is 0.281 e. The van der Waals surface area contributed by atoms with Gasteiger partial charge in [-0.05, 0) is 47.7 Å². The Morgan fingerprint density at radius 3 is 2.64 bits per heavy atom. The Morgan fingerprint density at radius 2 is 1.92 bits per heavy atom. The third-order valence-corrected chi connectivity index (χ3v) is 4.46. The van der Waals surface area contributed by atoms with E-state index in [0.29, 0.717) is 21.2 Å². The monoisotopic (exact) mass is 391 g/mol. The minimum atomic E-state index is -1.36. The Morgan fingerprint density at radius 1 is 1.12 bits per heavy atom. The zero-order chi connectivity index (χ0) is 17.8. The van der Waals surface area contributed by atoms with Gasteiger partial charge in [-0.1, -0.05) is 47.5 Å². The molecule has 2 aromatic carbocycles. The van der Waals surface area contributed by atoms with Crippen LogP contribution in [0.2, 0.25) is 10.0 Å². The lowest BCUT2D eigenvalue weighted by molar-refractivity contribution is -0.298. The molecule has 0 fully saturated rings. The van der Waals surface area contributed by atoms with E-state index in [-0.39, 0.29) is 16.0 Å². The standard InChI is InChI=1S/C17H10Cl2N2O3S/c18-11-5-3-4-10(8-11)9-14(16(22)23)25-17-21-20-15(24-17)12-6-1-2-7-13(12)19/h1-9H,(H,22,23)/p-1/b14-9+. The van der Waals surface area contributed by atoms with E-state index in [1.807, 2.05) is 0 Å². The molecule has 5 nitrogen and oxygen atoms in total. The number of rotatable bonds is 5. The summed E-state index contributed by atoms with van der Waals surface area (Å²) in [4.78, 5) is 11.3. The van der Waals surface area contributed by atoms with Gasteiger partial charge in [0.25, 0.3) is 5.22 Å². The van der Waals surface area contributed by atoms with Crippen molar-refractivity contribution in [3.63, 3.8) is 0 Å². The van der Waals surface area contributed by atoms with Crippen molar-refractivity contribution < 1.29 is 14.3 Å². The highest BCUT2D eigenvalue weighted by Crippen LogP contribution is 2.32. The highest BCUT2D eigenvalue weighted by atomic mass is 35.5. The number of aliphatic carboxylic acids is 1. The lowest BCUT2D eigenvalue weighted by Gasteiger charge is -2.05. The fraction of sp³-hybridized carbons (Fsp3) is 0. The van der Waals surface area contributed by atoms with Crippen molar-refractivity contribution in [1.29, 1.82) is 0 Å². The number of carbonyl (C=O) groups is 1. The molecule has 8 heteroatoms. The summed E-state index contributed by atoms with van der Waals surface area (Å²) in [5, 5.41) is 20.1. The third-order valence-electron chi connectivity index (χ3n) is 3.06. The molecule has 0 atom stereocenters. The minimum absolute atomic E-state index is 0.0624. The normalized spacial score (nSPS) is 11.5. The minimum Gasteiger partial charge on any atom is -0.544 e. The molecule has 0 saturated heterocycles. The molecule has 0 bridgehead atoms. The predicted octanol–water partition coefficient (Wildman–Crippen LogP) is 3.93. The second-order valence-electron chi connectivity index (χ2n) is 4.81. The zero-order valence-electron chi connectivity index (χ0n) is 12.5. The zero-order valence-corrected chi connectivity index (χ0v) is 14.8. The average Bonchev–Trinajstić information content (AvgIpc) is 3.03. The summed E-state index contributed by atoms with van der Waals surface area (Å²) in [5.41, 5.74) is 1.18. The molecule has 3 rings (SSSR count). The van der Waals surface area contributed by atoms with Crippen molar-refractivity contribution in [2.45, 2.75) is 5.22 Å². The Kier molecular flexibility index (Phi) is 5.43. The maximum absolute atomic E-state index is 11.4. The van der Waals surface area contributed by atoms with Crippen LogP contribution in [0.15, 0.2) is 63.1 Å². The molecule has 1 aromatic heterocycles. The SMILES string of the molecule is O=C([O-])/C(=C\c1cccc(Cl)c1)Sc1nnc(-c2ccccc2Cl)o1. The van der Waals surface area contributed by atoms with Gasteiger partial charge in [0.15, 0.2) is 0 Å². The number of nitrogens with zero attached hydrogens (tertiary/aromatic N) is 2. The third kappa shape index (κ3) is 4.42. The number of carboxylic acids is 1. The van der Waals surface area contributed by atoms with E-state index in [1.54, 1.807) is 48.5 Å². The van der Waals surface area contributed by atoms with E-state index in [0.717, 1.165) is 11.8 Å². The largest absolute Gasteiger partial charge is 0.544 e. The van der Waals surface area contributed by atoms with Gasteiger partial charge in [0.1, 0.15) is 0 Å². The fourth-order valence-electron chi connectivity index (χ4n) is 1.97. The molecule has 0 radical (unpaired) electrons. The van der Waals surface area contributed by atoms with Gasteiger partial charge in [0.05, 0.1) is 16.6 Å². The lowest BCUT2D eigenvalue weighted by Crippen LogP contribution is -2.23. The number of hydrogen-bond acceptors (Lipinski definition) is 6. The summed E-state index contributed by atoms with van der Waals surface area (Å²) < 4.78 is 5.49. The average molecular weight is 392 g/mol. The van der Waals surface area contributed by atoms with Crippen molar-refractivity contribution in [1.82, 2.24) is 10.2 Å². The Balaban J connectivity index is 1.87. The van der Waals surface area contributed by atoms with Crippen molar-refractivity contribution in [2.75, 3.05) is 0 Å². The predicted molar refractivity (Wildman–Crippen MR) is 95.0 cm³/mol. The molecule has 0 aliphatic rings.